The average Bonchev–Trinajstić information content (AvgIpc) is 3.33. The first-order valence-corrected chi connectivity index (χ1v) is 29.7. The number of aliphatic hydroxyl groups excluding tert-OH is 5. The number of nitrogens with one attached hydrogen (secondary N) is 1. The Bertz CT molecular complexity index is 1020. The van der Waals surface area contributed by atoms with Crippen LogP contribution in [0, 0.1) is 0 Å². The lowest BCUT2D eigenvalue weighted by Crippen LogP contribution is -2.60. The third-order valence-corrected chi connectivity index (χ3v) is 14.7. The highest BCUT2D eigenvalue weighted by Gasteiger charge is 2.44. The van der Waals surface area contributed by atoms with Gasteiger partial charge in [0, 0.05) is 6.42 Å². The quantitative estimate of drug-likeness (QED) is 0.0330. The zero-order valence-corrected chi connectivity index (χ0v) is 44.4. The molecule has 6 N–H and O–H groups in total. The van der Waals surface area contributed by atoms with Gasteiger partial charge >= 0.3 is 0 Å². The minimum atomic E-state index is -1.55. The maximum Gasteiger partial charge on any atom is 0.220 e. The molecule has 1 fully saturated rings. The smallest absolute Gasteiger partial charge is 0.220 e. The molecule has 1 heterocycles. The first-order valence-electron chi connectivity index (χ1n) is 29.7. The Morgan fingerprint density at radius 1 is 0.448 bits per heavy atom. The number of carbonyl (C=O) groups is 1. The lowest BCUT2D eigenvalue weighted by Gasteiger charge is -2.40. The number of unbranched alkanes of at least 4 members (excludes halogenated alkanes) is 42. The van der Waals surface area contributed by atoms with E-state index in [1.165, 1.54) is 244 Å². The third kappa shape index (κ3) is 38.5. The Labute approximate surface area is 414 Å². The number of amides is 1. The van der Waals surface area contributed by atoms with E-state index in [-0.39, 0.29) is 12.5 Å². The molecule has 0 aliphatic carbocycles. The predicted octanol–water partition coefficient (Wildman–Crippen LogP) is 14.6. The molecule has 0 aromatic carbocycles. The van der Waals surface area contributed by atoms with Crippen LogP contribution in [0.5, 0.6) is 0 Å². The highest BCUT2D eigenvalue weighted by molar-refractivity contribution is 5.76. The summed E-state index contributed by atoms with van der Waals surface area (Å²) in [6, 6.07) is -0.712. The van der Waals surface area contributed by atoms with Crippen LogP contribution in [0.15, 0.2) is 0 Å². The maximum atomic E-state index is 13.1. The molecule has 0 spiro atoms. The minimum Gasteiger partial charge on any atom is -0.394 e. The molecular weight excluding hydrogens is 839 g/mol. The molecule has 400 valence electrons. The van der Waals surface area contributed by atoms with Crippen molar-refractivity contribution in [1.82, 2.24) is 5.32 Å². The van der Waals surface area contributed by atoms with Gasteiger partial charge in [0.05, 0.1) is 25.4 Å². The summed E-state index contributed by atoms with van der Waals surface area (Å²) in [6.45, 7) is 3.87. The molecule has 9 nitrogen and oxygen atoms in total. The van der Waals surface area contributed by atoms with Gasteiger partial charge in [0.2, 0.25) is 5.91 Å². The molecule has 0 aromatic heterocycles. The van der Waals surface area contributed by atoms with Crippen LogP contribution in [0.1, 0.15) is 309 Å². The summed E-state index contributed by atoms with van der Waals surface area (Å²) in [5.74, 6) is -0.137. The van der Waals surface area contributed by atoms with E-state index >= 15 is 0 Å². The Hall–Kier alpha value is -0.810. The highest BCUT2D eigenvalue weighted by atomic mass is 16.7. The number of carbonyl (C=O) groups excluding carboxylic acids is 1. The van der Waals surface area contributed by atoms with Crippen molar-refractivity contribution in [3.05, 3.63) is 0 Å². The first-order chi connectivity index (χ1) is 32.8. The van der Waals surface area contributed by atoms with Gasteiger partial charge in [-0.05, 0) is 12.8 Å². The van der Waals surface area contributed by atoms with Crippen LogP contribution < -0.4 is 5.32 Å². The molecule has 67 heavy (non-hydrogen) atoms. The van der Waals surface area contributed by atoms with Crippen LogP contribution in [-0.4, -0.2) is 87.5 Å². The van der Waals surface area contributed by atoms with Crippen molar-refractivity contribution in [3.8, 4) is 0 Å². The third-order valence-electron chi connectivity index (χ3n) is 14.7. The van der Waals surface area contributed by atoms with E-state index in [1.807, 2.05) is 0 Å². The summed E-state index contributed by atoms with van der Waals surface area (Å²) in [7, 11) is 0. The molecule has 0 radical (unpaired) electrons. The maximum absolute atomic E-state index is 13.1. The molecule has 0 saturated carbocycles. The molecule has 1 aliphatic heterocycles. The van der Waals surface area contributed by atoms with E-state index in [4.69, 9.17) is 9.47 Å². The van der Waals surface area contributed by atoms with Gasteiger partial charge in [-0.2, -0.15) is 0 Å². The fourth-order valence-corrected chi connectivity index (χ4v) is 9.99. The Morgan fingerprint density at radius 3 is 1.06 bits per heavy atom. The lowest BCUT2D eigenvalue weighted by atomic mass is 9.99. The molecule has 0 aromatic rings. The molecule has 9 heteroatoms. The van der Waals surface area contributed by atoms with E-state index in [2.05, 4.69) is 19.2 Å². The fraction of sp³-hybridized carbons (Fsp3) is 0.983. The molecule has 0 bridgehead atoms. The summed E-state index contributed by atoms with van der Waals surface area (Å²) >= 11 is 0. The van der Waals surface area contributed by atoms with Gasteiger partial charge < -0.3 is 40.3 Å². The van der Waals surface area contributed by atoms with Gasteiger partial charge in [-0.15, -0.1) is 0 Å². The Morgan fingerprint density at radius 2 is 0.746 bits per heavy atom. The largest absolute Gasteiger partial charge is 0.394 e. The van der Waals surface area contributed by atoms with Gasteiger partial charge in [-0.25, -0.2) is 0 Å². The second-order valence-corrected chi connectivity index (χ2v) is 21.2. The highest BCUT2D eigenvalue weighted by Crippen LogP contribution is 2.23. The topological polar surface area (TPSA) is 149 Å². The molecule has 1 rings (SSSR count). The van der Waals surface area contributed by atoms with Crippen LogP contribution in [0.2, 0.25) is 0 Å². The molecule has 2 unspecified atom stereocenters. The van der Waals surface area contributed by atoms with E-state index in [0.29, 0.717) is 12.8 Å². The van der Waals surface area contributed by atoms with Gasteiger partial charge in [0.25, 0.3) is 0 Å². The van der Waals surface area contributed by atoms with Crippen LogP contribution in [0.4, 0.5) is 0 Å². The van der Waals surface area contributed by atoms with Crippen molar-refractivity contribution in [3.63, 3.8) is 0 Å². The number of ether oxygens (including phenoxy) is 2. The van der Waals surface area contributed by atoms with Crippen LogP contribution in [0.3, 0.4) is 0 Å². The van der Waals surface area contributed by atoms with Crippen molar-refractivity contribution < 1.29 is 39.8 Å². The number of rotatable bonds is 52. The van der Waals surface area contributed by atoms with Crippen LogP contribution in [-0.2, 0) is 14.3 Å². The van der Waals surface area contributed by atoms with Crippen molar-refractivity contribution in [2.75, 3.05) is 13.2 Å². The molecule has 1 aliphatic rings. The zero-order valence-electron chi connectivity index (χ0n) is 44.4. The molecular formula is C58H115NO8. The monoisotopic (exact) mass is 954 g/mol. The van der Waals surface area contributed by atoms with Crippen molar-refractivity contribution in [1.29, 1.82) is 0 Å². The summed E-state index contributed by atoms with van der Waals surface area (Å²) in [6.07, 6.45) is 51.6. The van der Waals surface area contributed by atoms with Gasteiger partial charge in [0.15, 0.2) is 6.29 Å². The fourth-order valence-electron chi connectivity index (χ4n) is 9.99. The average molecular weight is 955 g/mol. The second-order valence-electron chi connectivity index (χ2n) is 21.2. The molecule has 7 atom stereocenters. The number of hydrogen-bond donors (Lipinski definition) is 6. The van der Waals surface area contributed by atoms with E-state index in [1.54, 1.807) is 0 Å². The normalized spacial score (nSPS) is 19.5. The van der Waals surface area contributed by atoms with E-state index in [9.17, 15) is 30.3 Å². The standard InChI is InChI=1S/C58H115NO8/c1-3-5-7-9-11-13-15-17-18-19-20-21-22-23-24-25-26-27-28-29-30-31-32-33-34-36-38-40-42-44-46-48-54(62)59-51(50-66-58-57(65)56(64)55(63)53(49-60)67-58)52(61)47-45-43-41-39-37-35-16-14-12-10-8-6-4-2/h51-53,55-58,60-61,63-65H,3-50H2,1-2H3,(H,59,62)/t51-,52+,53+,55-,56?,57?,58+/m0/s1. The molecule has 1 amide bonds. The van der Waals surface area contributed by atoms with Crippen LogP contribution >= 0.6 is 0 Å². The minimum absolute atomic E-state index is 0.131. The summed E-state index contributed by atoms with van der Waals surface area (Å²) < 4.78 is 11.3. The second kappa shape index (κ2) is 48.8. The van der Waals surface area contributed by atoms with Gasteiger partial charge in [0.1, 0.15) is 24.4 Å². The Kier molecular flexibility index (Phi) is 46.8. The predicted molar refractivity (Wildman–Crippen MR) is 281 cm³/mol. The van der Waals surface area contributed by atoms with E-state index < -0.39 is 49.5 Å². The van der Waals surface area contributed by atoms with Gasteiger partial charge in [-0.1, -0.05) is 290 Å². The van der Waals surface area contributed by atoms with Crippen molar-refractivity contribution >= 4 is 5.91 Å². The van der Waals surface area contributed by atoms with Crippen LogP contribution in [0.25, 0.3) is 0 Å². The number of hydrogen-bond acceptors (Lipinski definition) is 8. The molecule has 1 saturated heterocycles. The SMILES string of the molecule is CCCCCCCCCCCCCCCCCCCCCCCCCCCCCCCCCC(=O)N[C@@H](CO[C@@H]1O[C@H](CO)[C@H](O)C(O)C1O)[C@H](O)CCCCCCCCCCCCCCC. The summed E-state index contributed by atoms with van der Waals surface area (Å²) in [4.78, 5) is 13.1. The zero-order chi connectivity index (χ0) is 48.7. The van der Waals surface area contributed by atoms with Crippen molar-refractivity contribution in [2.45, 2.75) is 352 Å². The lowest BCUT2D eigenvalue weighted by molar-refractivity contribution is -0.302. The summed E-state index contributed by atoms with van der Waals surface area (Å²) in [5, 5.41) is 54.6. The summed E-state index contributed by atoms with van der Waals surface area (Å²) in [5.41, 5.74) is 0. The van der Waals surface area contributed by atoms with Gasteiger partial charge in [-0.3, -0.25) is 4.79 Å². The number of aliphatic hydroxyl groups is 5. The van der Waals surface area contributed by atoms with Crippen molar-refractivity contribution in [2.24, 2.45) is 0 Å². The first kappa shape index (κ1) is 64.2. The van der Waals surface area contributed by atoms with E-state index in [0.717, 1.165) is 38.5 Å². The Balaban J connectivity index is 2.08.